The summed E-state index contributed by atoms with van der Waals surface area (Å²) in [5, 5.41) is 16.3. The minimum Gasteiger partial charge on any atom is -0.478 e. The van der Waals surface area contributed by atoms with E-state index in [1.165, 1.54) is 6.07 Å². The monoisotopic (exact) mass is 600 g/mol. The lowest BCUT2D eigenvalue weighted by Gasteiger charge is -2.34. The van der Waals surface area contributed by atoms with Crippen LogP contribution in [0.4, 0.5) is 30.6 Å². The number of carboxylic acids is 1. The van der Waals surface area contributed by atoms with Gasteiger partial charge in [-0.2, -0.15) is 13.2 Å². The highest BCUT2D eigenvalue weighted by atomic mass is 35.5. The Morgan fingerprint density at radius 2 is 1.77 bits per heavy atom. The molecular weight excluding hydrogens is 572 g/mol. The number of amides is 1. The summed E-state index contributed by atoms with van der Waals surface area (Å²) in [6.07, 6.45) is -4.59. The number of alkyl halides is 3. The molecule has 0 unspecified atom stereocenters. The standard InChI is InChI=1S/C26H29Cl2F3N6O3/c1-25(2,3)23(40)32-12-13-5-6-16(27)19(18(13)28)34-24-33-17-11-15(22(38)39)20(35-21(17)36(24)4)37-9-7-14(8-10-37)26(29,30)31/h5-6,11,14H,7-10,12H2,1-4H3,(H,32,40)(H,33,34)(H,38,39). The third kappa shape index (κ3) is 6.07. The van der Waals surface area contributed by atoms with Crippen molar-refractivity contribution in [3.8, 4) is 0 Å². The number of nitrogens with one attached hydrogen (secondary N) is 2. The zero-order valence-corrected chi connectivity index (χ0v) is 23.8. The second-order valence-corrected chi connectivity index (χ2v) is 11.5. The number of anilines is 3. The number of imidazole rings is 1. The third-order valence-electron chi connectivity index (χ3n) is 6.84. The van der Waals surface area contributed by atoms with Gasteiger partial charge in [0.15, 0.2) is 5.65 Å². The summed E-state index contributed by atoms with van der Waals surface area (Å²) < 4.78 is 41.0. The smallest absolute Gasteiger partial charge is 0.391 e. The van der Waals surface area contributed by atoms with E-state index >= 15 is 0 Å². The molecule has 0 atom stereocenters. The van der Waals surface area contributed by atoms with E-state index in [1.807, 2.05) is 0 Å². The number of fused-ring (bicyclic) bond motifs is 1. The predicted octanol–water partition coefficient (Wildman–Crippen LogP) is 6.16. The zero-order valence-electron chi connectivity index (χ0n) is 22.3. The summed E-state index contributed by atoms with van der Waals surface area (Å²) in [5.41, 5.74) is 0.786. The number of nitrogens with zero attached hydrogens (tertiary/aromatic N) is 4. The number of aryl methyl sites for hydroxylation is 1. The summed E-state index contributed by atoms with van der Waals surface area (Å²) in [4.78, 5) is 34.9. The van der Waals surface area contributed by atoms with Crippen LogP contribution in [0.15, 0.2) is 18.2 Å². The minimum atomic E-state index is -4.29. The van der Waals surface area contributed by atoms with Crippen molar-refractivity contribution in [3.63, 3.8) is 0 Å². The molecule has 0 aliphatic carbocycles. The topological polar surface area (TPSA) is 112 Å². The average molecular weight is 601 g/mol. The Labute approximate surface area is 238 Å². The van der Waals surface area contributed by atoms with Gasteiger partial charge in [-0.1, -0.05) is 50.0 Å². The molecule has 3 N–H and O–H groups in total. The summed E-state index contributed by atoms with van der Waals surface area (Å²) in [7, 11) is 1.65. The molecule has 216 valence electrons. The molecule has 40 heavy (non-hydrogen) atoms. The number of aromatic carboxylic acids is 1. The van der Waals surface area contributed by atoms with Crippen LogP contribution in [0.25, 0.3) is 11.2 Å². The number of carbonyl (C=O) groups excluding carboxylic acids is 1. The van der Waals surface area contributed by atoms with Gasteiger partial charge in [-0.3, -0.25) is 9.36 Å². The molecule has 4 rings (SSSR count). The average Bonchev–Trinajstić information content (AvgIpc) is 3.18. The number of carbonyl (C=O) groups is 2. The van der Waals surface area contributed by atoms with Crippen LogP contribution < -0.4 is 15.5 Å². The van der Waals surface area contributed by atoms with Crippen molar-refractivity contribution in [1.29, 1.82) is 0 Å². The second kappa shape index (κ2) is 11.0. The lowest BCUT2D eigenvalue weighted by Crippen LogP contribution is -2.40. The number of rotatable bonds is 6. The Kier molecular flexibility index (Phi) is 8.15. The Hall–Kier alpha value is -3.25. The first-order chi connectivity index (χ1) is 18.6. The van der Waals surface area contributed by atoms with Gasteiger partial charge in [-0.15, -0.1) is 0 Å². The number of pyridine rings is 1. The maximum Gasteiger partial charge on any atom is 0.391 e. The van der Waals surface area contributed by atoms with E-state index in [-0.39, 0.29) is 71.3 Å². The molecule has 1 aliphatic rings. The number of hydrogen-bond donors (Lipinski definition) is 3. The van der Waals surface area contributed by atoms with E-state index in [0.29, 0.717) is 16.9 Å². The molecule has 0 bridgehead atoms. The second-order valence-electron chi connectivity index (χ2n) is 10.8. The van der Waals surface area contributed by atoms with Crippen molar-refractivity contribution in [2.75, 3.05) is 23.3 Å². The lowest BCUT2D eigenvalue weighted by atomic mass is 9.95. The predicted molar refractivity (Wildman–Crippen MR) is 148 cm³/mol. The van der Waals surface area contributed by atoms with E-state index in [9.17, 15) is 27.9 Å². The van der Waals surface area contributed by atoms with E-state index in [2.05, 4.69) is 20.6 Å². The van der Waals surface area contributed by atoms with E-state index in [0.717, 1.165) is 0 Å². The van der Waals surface area contributed by atoms with Gasteiger partial charge in [0, 0.05) is 32.1 Å². The highest BCUT2D eigenvalue weighted by molar-refractivity contribution is 6.39. The first kappa shape index (κ1) is 29.7. The quantitative estimate of drug-likeness (QED) is 0.310. The molecule has 1 aromatic carbocycles. The fraction of sp³-hybridized carbons (Fsp3) is 0.462. The van der Waals surface area contributed by atoms with Gasteiger partial charge in [0.05, 0.1) is 21.7 Å². The van der Waals surface area contributed by atoms with Gasteiger partial charge >= 0.3 is 12.1 Å². The maximum absolute atomic E-state index is 13.1. The number of aromatic nitrogens is 3. The Morgan fingerprint density at radius 3 is 2.35 bits per heavy atom. The molecule has 1 aliphatic heterocycles. The van der Waals surface area contributed by atoms with Crippen LogP contribution >= 0.6 is 23.2 Å². The molecule has 1 amide bonds. The minimum absolute atomic E-state index is 0.0235. The van der Waals surface area contributed by atoms with Crippen molar-refractivity contribution in [2.45, 2.75) is 46.3 Å². The molecule has 3 heterocycles. The van der Waals surface area contributed by atoms with Crippen LogP contribution in [0, 0.1) is 11.3 Å². The number of benzene rings is 1. The lowest BCUT2D eigenvalue weighted by molar-refractivity contribution is -0.179. The fourth-order valence-corrected chi connectivity index (χ4v) is 4.96. The van der Waals surface area contributed by atoms with Crippen LogP contribution in [0.3, 0.4) is 0 Å². The summed E-state index contributed by atoms with van der Waals surface area (Å²) >= 11 is 13.1. The summed E-state index contributed by atoms with van der Waals surface area (Å²) in [6, 6.07) is 4.67. The Morgan fingerprint density at radius 1 is 1.12 bits per heavy atom. The van der Waals surface area contributed by atoms with Crippen molar-refractivity contribution in [3.05, 3.63) is 39.4 Å². The van der Waals surface area contributed by atoms with Crippen molar-refractivity contribution < 1.29 is 27.9 Å². The molecule has 9 nitrogen and oxygen atoms in total. The summed E-state index contributed by atoms with van der Waals surface area (Å²) in [5.74, 6) is -2.50. The largest absolute Gasteiger partial charge is 0.478 e. The zero-order chi connectivity index (χ0) is 29.6. The van der Waals surface area contributed by atoms with Crippen LogP contribution in [-0.2, 0) is 18.4 Å². The SMILES string of the molecule is Cn1c(Nc2c(Cl)ccc(CNC(=O)C(C)(C)C)c2Cl)nc2cc(C(=O)O)c(N3CCC(C(F)(F)F)CC3)nc21. The first-order valence-corrected chi connectivity index (χ1v) is 13.3. The molecule has 1 saturated heterocycles. The fourth-order valence-electron chi connectivity index (χ4n) is 4.43. The molecule has 3 aromatic rings. The maximum atomic E-state index is 13.1. The summed E-state index contributed by atoms with van der Waals surface area (Å²) in [6.45, 7) is 5.60. The number of carboxylic acid groups (broad SMARTS) is 1. The van der Waals surface area contributed by atoms with Crippen LogP contribution in [0.2, 0.25) is 10.0 Å². The molecular formula is C26H29Cl2F3N6O3. The van der Waals surface area contributed by atoms with Gasteiger partial charge in [-0.25, -0.2) is 14.8 Å². The van der Waals surface area contributed by atoms with Crippen LogP contribution in [0.1, 0.15) is 49.5 Å². The van der Waals surface area contributed by atoms with E-state index in [4.69, 9.17) is 23.2 Å². The number of piperidine rings is 1. The Bertz CT molecular complexity index is 1460. The molecule has 14 heteroatoms. The Balaban J connectivity index is 1.65. The van der Waals surface area contributed by atoms with Crippen LogP contribution in [-0.4, -0.2) is 50.8 Å². The van der Waals surface area contributed by atoms with Gasteiger partial charge in [-0.05, 0) is 30.5 Å². The van der Waals surface area contributed by atoms with E-state index in [1.54, 1.807) is 49.4 Å². The normalized spacial score (nSPS) is 15.0. The molecule has 2 aromatic heterocycles. The molecule has 0 spiro atoms. The third-order valence-corrected chi connectivity index (χ3v) is 7.59. The van der Waals surface area contributed by atoms with Crippen molar-refractivity contribution in [2.24, 2.45) is 18.4 Å². The molecule has 1 fully saturated rings. The van der Waals surface area contributed by atoms with Gasteiger partial charge in [0.2, 0.25) is 11.9 Å². The van der Waals surface area contributed by atoms with Gasteiger partial charge in [0.1, 0.15) is 16.9 Å². The van der Waals surface area contributed by atoms with Crippen LogP contribution in [0.5, 0.6) is 0 Å². The number of hydrogen-bond acceptors (Lipinski definition) is 6. The molecule has 0 saturated carbocycles. The van der Waals surface area contributed by atoms with E-state index < -0.39 is 23.5 Å². The van der Waals surface area contributed by atoms with Crippen molar-refractivity contribution >= 4 is 63.7 Å². The van der Waals surface area contributed by atoms with Crippen molar-refractivity contribution in [1.82, 2.24) is 19.9 Å². The number of halogens is 5. The van der Waals surface area contributed by atoms with Gasteiger partial charge < -0.3 is 20.6 Å². The van der Waals surface area contributed by atoms with Gasteiger partial charge in [0.25, 0.3) is 0 Å². The first-order valence-electron chi connectivity index (χ1n) is 12.5. The highest BCUT2D eigenvalue weighted by Crippen LogP contribution is 2.38. The molecule has 0 radical (unpaired) electrons. The highest BCUT2D eigenvalue weighted by Gasteiger charge is 2.41.